The number of fused-ring (bicyclic) bond motifs is 2. The Morgan fingerprint density at radius 2 is 1.66 bits per heavy atom. The molecule has 2 amide bonds. The molecule has 152 valence electrons. The molecule has 6 nitrogen and oxygen atoms in total. The molecule has 2 atom stereocenters. The van der Waals surface area contributed by atoms with E-state index in [1.165, 1.54) is 6.42 Å². The molecule has 2 aromatic rings. The van der Waals surface area contributed by atoms with Gasteiger partial charge in [0.25, 0.3) is 0 Å². The summed E-state index contributed by atoms with van der Waals surface area (Å²) in [7, 11) is 0. The summed E-state index contributed by atoms with van der Waals surface area (Å²) in [4.78, 5) is 24.0. The van der Waals surface area contributed by atoms with Crippen LogP contribution in [0, 0.1) is 17.8 Å². The van der Waals surface area contributed by atoms with Gasteiger partial charge in [-0.3, -0.25) is 9.59 Å². The molecule has 2 aromatic carbocycles. The molecule has 6 heteroatoms. The second kappa shape index (κ2) is 8.25. The number of benzene rings is 2. The van der Waals surface area contributed by atoms with E-state index in [9.17, 15) is 9.59 Å². The van der Waals surface area contributed by atoms with Crippen LogP contribution in [0.3, 0.4) is 0 Å². The number of nitrogens with two attached hydrogens (primary N) is 2. The molecule has 0 spiro atoms. The number of nitrogens with one attached hydrogen (secondary N) is 1. The summed E-state index contributed by atoms with van der Waals surface area (Å²) in [5, 5.41) is 3.03. The Kier molecular flexibility index (Phi) is 5.53. The number of primary amides is 1. The lowest BCUT2D eigenvalue weighted by Crippen LogP contribution is -2.48. The molecular formula is C23H27N3O3. The van der Waals surface area contributed by atoms with Crippen molar-refractivity contribution in [1.29, 1.82) is 0 Å². The zero-order chi connectivity index (χ0) is 20.4. The van der Waals surface area contributed by atoms with E-state index in [1.54, 1.807) is 36.4 Å². The quantitative estimate of drug-likeness (QED) is 0.720. The Balaban J connectivity index is 1.36. The lowest BCUT2D eigenvalue weighted by Gasteiger charge is -2.43. The SMILES string of the molecule is NC(=O)c1cccc(Oc2ccc(NC(=O)C3CC4CCCC(C3)C4N)cc2)c1. The largest absolute Gasteiger partial charge is 0.457 e. The van der Waals surface area contributed by atoms with Crippen LogP contribution in [-0.4, -0.2) is 17.9 Å². The minimum atomic E-state index is -0.499. The Morgan fingerprint density at radius 1 is 0.966 bits per heavy atom. The van der Waals surface area contributed by atoms with E-state index in [2.05, 4.69) is 5.32 Å². The summed E-state index contributed by atoms with van der Waals surface area (Å²) < 4.78 is 5.77. The van der Waals surface area contributed by atoms with Gasteiger partial charge < -0.3 is 21.5 Å². The minimum absolute atomic E-state index is 0.0394. The number of amides is 2. The average molecular weight is 393 g/mol. The highest BCUT2D eigenvalue weighted by Crippen LogP contribution is 2.42. The van der Waals surface area contributed by atoms with Crippen molar-refractivity contribution in [2.45, 2.75) is 38.1 Å². The molecule has 2 saturated carbocycles. The van der Waals surface area contributed by atoms with E-state index >= 15 is 0 Å². The van der Waals surface area contributed by atoms with E-state index in [4.69, 9.17) is 16.2 Å². The third kappa shape index (κ3) is 4.43. The Bertz CT molecular complexity index is 882. The second-order valence-corrected chi connectivity index (χ2v) is 8.20. The fourth-order valence-electron chi connectivity index (χ4n) is 4.70. The fourth-order valence-corrected chi connectivity index (χ4v) is 4.70. The molecule has 5 N–H and O–H groups in total. The number of rotatable bonds is 5. The van der Waals surface area contributed by atoms with Crippen LogP contribution in [0.5, 0.6) is 11.5 Å². The van der Waals surface area contributed by atoms with Gasteiger partial charge >= 0.3 is 0 Å². The van der Waals surface area contributed by atoms with E-state index in [-0.39, 0.29) is 17.9 Å². The molecule has 0 aliphatic heterocycles. The van der Waals surface area contributed by atoms with Crippen molar-refractivity contribution in [3.63, 3.8) is 0 Å². The summed E-state index contributed by atoms with van der Waals surface area (Å²) in [6, 6.07) is 14.2. The maximum Gasteiger partial charge on any atom is 0.248 e. The first-order valence-corrected chi connectivity index (χ1v) is 10.2. The first-order chi connectivity index (χ1) is 14.0. The predicted molar refractivity (Wildman–Crippen MR) is 112 cm³/mol. The molecule has 0 heterocycles. The highest BCUT2D eigenvalue weighted by Gasteiger charge is 2.40. The molecule has 2 bridgehead atoms. The van der Waals surface area contributed by atoms with Crippen molar-refractivity contribution in [3.8, 4) is 11.5 Å². The van der Waals surface area contributed by atoms with Gasteiger partial charge in [-0.1, -0.05) is 12.5 Å². The van der Waals surface area contributed by atoms with Gasteiger partial charge in [0.05, 0.1) is 0 Å². The molecule has 29 heavy (non-hydrogen) atoms. The first kappa shape index (κ1) is 19.5. The average Bonchev–Trinajstić information content (AvgIpc) is 2.69. The van der Waals surface area contributed by atoms with Crippen molar-refractivity contribution >= 4 is 17.5 Å². The van der Waals surface area contributed by atoms with E-state index in [0.29, 0.717) is 28.9 Å². The fraction of sp³-hybridized carbons (Fsp3) is 0.391. The normalized spacial score (nSPS) is 25.8. The highest BCUT2D eigenvalue weighted by atomic mass is 16.5. The molecule has 4 rings (SSSR count). The Labute approximate surface area is 170 Å². The van der Waals surface area contributed by atoms with Gasteiger partial charge in [0.1, 0.15) is 11.5 Å². The predicted octanol–water partition coefficient (Wildman–Crippen LogP) is 3.67. The second-order valence-electron chi connectivity index (χ2n) is 8.20. The zero-order valence-corrected chi connectivity index (χ0v) is 16.3. The van der Waals surface area contributed by atoms with Gasteiger partial charge in [0.2, 0.25) is 11.8 Å². The lowest BCUT2D eigenvalue weighted by atomic mass is 9.65. The van der Waals surface area contributed by atoms with Gasteiger partial charge in [-0.05, 0) is 80.0 Å². The van der Waals surface area contributed by atoms with Crippen LogP contribution in [0.15, 0.2) is 48.5 Å². The molecule has 0 saturated heterocycles. The Morgan fingerprint density at radius 3 is 2.31 bits per heavy atom. The van der Waals surface area contributed by atoms with Crippen LogP contribution >= 0.6 is 0 Å². The summed E-state index contributed by atoms with van der Waals surface area (Å²) in [6.07, 6.45) is 5.30. The lowest BCUT2D eigenvalue weighted by molar-refractivity contribution is -0.122. The maximum absolute atomic E-state index is 12.8. The number of carbonyl (C=O) groups excluding carboxylic acids is 2. The number of carbonyl (C=O) groups is 2. The topological polar surface area (TPSA) is 107 Å². The van der Waals surface area contributed by atoms with E-state index in [0.717, 1.165) is 31.4 Å². The van der Waals surface area contributed by atoms with Gasteiger partial charge in [-0.15, -0.1) is 0 Å². The first-order valence-electron chi connectivity index (χ1n) is 10.2. The van der Waals surface area contributed by atoms with Gasteiger partial charge in [-0.25, -0.2) is 0 Å². The van der Waals surface area contributed by atoms with Gasteiger partial charge in [0, 0.05) is 23.2 Å². The van der Waals surface area contributed by atoms with E-state index < -0.39 is 5.91 Å². The standard InChI is InChI=1S/C23H27N3O3/c24-21-14-3-1-4-15(21)12-17(11-14)23(28)26-18-7-9-19(10-8-18)29-20-6-2-5-16(13-20)22(25)27/h2,5-10,13-15,17,21H,1,3-4,11-12,24H2,(H2,25,27)(H,26,28). The number of hydrogen-bond donors (Lipinski definition) is 3. The van der Waals surface area contributed by atoms with Crippen molar-refractivity contribution in [1.82, 2.24) is 0 Å². The van der Waals surface area contributed by atoms with Crippen LogP contribution in [0.1, 0.15) is 42.5 Å². The summed E-state index contributed by atoms with van der Waals surface area (Å²) in [5.74, 6) is 1.72. The summed E-state index contributed by atoms with van der Waals surface area (Å²) >= 11 is 0. The maximum atomic E-state index is 12.8. The van der Waals surface area contributed by atoms with Crippen molar-refractivity contribution in [2.24, 2.45) is 29.2 Å². The molecule has 2 aliphatic rings. The highest BCUT2D eigenvalue weighted by molar-refractivity contribution is 5.93. The van der Waals surface area contributed by atoms with Crippen molar-refractivity contribution in [2.75, 3.05) is 5.32 Å². The minimum Gasteiger partial charge on any atom is -0.457 e. The number of ether oxygens (including phenoxy) is 1. The monoisotopic (exact) mass is 393 g/mol. The Hall–Kier alpha value is -2.86. The van der Waals surface area contributed by atoms with Gasteiger partial charge in [-0.2, -0.15) is 0 Å². The molecule has 2 aliphatic carbocycles. The molecule has 2 fully saturated rings. The summed E-state index contributed by atoms with van der Waals surface area (Å²) in [5.41, 5.74) is 12.8. The van der Waals surface area contributed by atoms with Crippen LogP contribution in [0.25, 0.3) is 0 Å². The van der Waals surface area contributed by atoms with E-state index in [1.807, 2.05) is 12.1 Å². The number of anilines is 1. The molecular weight excluding hydrogens is 366 g/mol. The van der Waals surface area contributed by atoms with Crippen LogP contribution < -0.4 is 21.5 Å². The van der Waals surface area contributed by atoms with Crippen LogP contribution in [-0.2, 0) is 4.79 Å². The third-order valence-electron chi connectivity index (χ3n) is 6.26. The summed E-state index contributed by atoms with van der Waals surface area (Å²) in [6.45, 7) is 0. The van der Waals surface area contributed by atoms with Crippen LogP contribution in [0.2, 0.25) is 0 Å². The van der Waals surface area contributed by atoms with Crippen LogP contribution in [0.4, 0.5) is 5.69 Å². The van der Waals surface area contributed by atoms with Crippen molar-refractivity contribution < 1.29 is 14.3 Å². The number of hydrogen-bond acceptors (Lipinski definition) is 4. The zero-order valence-electron chi connectivity index (χ0n) is 16.3. The smallest absolute Gasteiger partial charge is 0.248 e. The molecule has 2 unspecified atom stereocenters. The molecule has 0 aromatic heterocycles. The van der Waals surface area contributed by atoms with Crippen molar-refractivity contribution in [3.05, 3.63) is 54.1 Å². The van der Waals surface area contributed by atoms with Gasteiger partial charge in [0.15, 0.2) is 0 Å². The molecule has 0 radical (unpaired) electrons. The third-order valence-corrected chi connectivity index (χ3v) is 6.26.